The normalized spacial score (nSPS) is 19.2. The highest BCUT2D eigenvalue weighted by Gasteiger charge is 2.39. The van der Waals surface area contributed by atoms with E-state index in [0.29, 0.717) is 49.0 Å². The van der Waals surface area contributed by atoms with Gasteiger partial charge in [0.1, 0.15) is 11.4 Å². The number of ether oxygens (including phenoxy) is 1. The fraction of sp³-hybridized carbons (Fsp3) is 0.333. The first kappa shape index (κ1) is 24.7. The molecule has 6 rings (SSSR count). The zero-order valence-electron chi connectivity index (χ0n) is 20.2. The van der Waals surface area contributed by atoms with Gasteiger partial charge in [0.05, 0.1) is 6.10 Å². The molecule has 1 atom stereocenters. The molecule has 1 aromatic heterocycles. The smallest absolute Gasteiger partial charge is 0.420 e. The van der Waals surface area contributed by atoms with Crippen LogP contribution in [0.25, 0.3) is 11.3 Å². The van der Waals surface area contributed by atoms with E-state index in [2.05, 4.69) is 19.9 Å². The van der Waals surface area contributed by atoms with Crippen molar-refractivity contribution < 1.29 is 28.2 Å². The lowest BCUT2D eigenvalue weighted by Gasteiger charge is -2.22. The van der Waals surface area contributed by atoms with Gasteiger partial charge in [-0.2, -0.15) is 0 Å². The van der Waals surface area contributed by atoms with Gasteiger partial charge in [-0.25, -0.2) is 0 Å². The first-order chi connectivity index (χ1) is 18.1. The SMILES string of the molecule is O=C(Nc1ccc(OC(F)(F)Cl)cc1)c1ccc(N2CCC(O)C2)c(-c2cc3c([nH]2)C(=O)N(C2CC2)C3)c1. The molecule has 0 radical (unpaired) electrons. The number of aliphatic hydroxyl groups is 1. The van der Waals surface area contributed by atoms with Gasteiger partial charge < -0.3 is 29.9 Å². The highest BCUT2D eigenvalue weighted by atomic mass is 35.5. The van der Waals surface area contributed by atoms with Gasteiger partial charge in [0.15, 0.2) is 0 Å². The van der Waals surface area contributed by atoms with Gasteiger partial charge >= 0.3 is 5.57 Å². The topological polar surface area (TPSA) is 97.9 Å². The van der Waals surface area contributed by atoms with Crippen molar-refractivity contribution in [1.82, 2.24) is 9.88 Å². The molecule has 2 aromatic carbocycles. The van der Waals surface area contributed by atoms with Gasteiger partial charge in [-0.15, -0.1) is 8.78 Å². The van der Waals surface area contributed by atoms with Crippen molar-refractivity contribution in [3.63, 3.8) is 0 Å². The highest BCUT2D eigenvalue weighted by molar-refractivity contribution is 6.20. The quantitative estimate of drug-likeness (QED) is 0.373. The maximum atomic E-state index is 13.1. The first-order valence-corrected chi connectivity index (χ1v) is 12.8. The number of nitrogens with one attached hydrogen (secondary N) is 2. The van der Waals surface area contributed by atoms with Crippen molar-refractivity contribution in [1.29, 1.82) is 0 Å². The van der Waals surface area contributed by atoms with Crippen LogP contribution in [-0.4, -0.2) is 57.6 Å². The van der Waals surface area contributed by atoms with E-state index in [9.17, 15) is 23.5 Å². The number of benzene rings is 2. The van der Waals surface area contributed by atoms with Gasteiger partial charge in [-0.3, -0.25) is 9.59 Å². The second-order valence-corrected chi connectivity index (χ2v) is 10.3. The molecule has 0 spiro atoms. The number of rotatable bonds is 7. The molecule has 3 aromatic rings. The summed E-state index contributed by atoms with van der Waals surface area (Å²) in [6, 6.07) is 13.0. The van der Waals surface area contributed by atoms with Crippen LogP contribution in [0.5, 0.6) is 5.75 Å². The predicted octanol–water partition coefficient (Wildman–Crippen LogP) is 4.79. The number of carbonyl (C=O) groups is 2. The van der Waals surface area contributed by atoms with Crippen LogP contribution in [0.1, 0.15) is 45.7 Å². The Labute approximate surface area is 222 Å². The fourth-order valence-electron chi connectivity index (χ4n) is 5.11. The molecule has 3 heterocycles. The Morgan fingerprint density at radius 1 is 1.13 bits per heavy atom. The molecule has 38 heavy (non-hydrogen) atoms. The minimum Gasteiger partial charge on any atom is -0.420 e. The molecule has 2 aliphatic heterocycles. The van der Waals surface area contributed by atoms with Crippen LogP contribution in [0.3, 0.4) is 0 Å². The zero-order valence-corrected chi connectivity index (χ0v) is 21.0. The summed E-state index contributed by atoms with van der Waals surface area (Å²) in [5.74, 6) is -0.539. The van der Waals surface area contributed by atoms with Crippen molar-refractivity contribution in [2.75, 3.05) is 23.3 Å². The number of β-amino-alcohol motifs (C(OH)–C–C–N with tert-alkyl or cyclic N) is 1. The lowest BCUT2D eigenvalue weighted by atomic mass is 10.0. The Hall–Kier alpha value is -3.63. The predicted molar refractivity (Wildman–Crippen MR) is 138 cm³/mol. The molecule has 11 heteroatoms. The summed E-state index contributed by atoms with van der Waals surface area (Å²) in [6.45, 7) is 1.72. The molecule has 1 aliphatic carbocycles. The molecule has 2 fully saturated rings. The van der Waals surface area contributed by atoms with E-state index in [0.717, 1.165) is 35.3 Å². The van der Waals surface area contributed by atoms with E-state index in [1.165, 1.54) is 24.3 Å². The van der Waals surface area contributed by atoms with Crippen LogP contribution in [0.15, 0.2) is 48.5 Å². The van der Waals surface area contributed by atoms with E-state index in [4.69, 9.17) is 11.6 Å². The molecular formula is C27H25ClF2N4O4. The third kappa shape index (κ3) is 4.93. The number of nitrogens with zero attached hydrogens (tertiary/aromatic N) is 2. The molecule has 3 aliphatic rings. The summed E-state index contributed by atoms with van der Waals surface area (Å²) >= 11 is 4.79. The van der Waals surface area contributed by atoms with E-state index < -0.39 is 17.6 Å². The number of fused-ring (bicyclic) bond motifs is 1. The summed E-state index contributed by atoms with van der Waals surface area (Å²) in [5.41, 5.74) is 0.784. The number of carbonyl (C=O) groups excluding carboxylic acids is 2. The van der Waals surface area contributed by atoms with Crippen LogP contribution < -0.4 is 15.0 Å². The number of anilines is 2. The lowest BCUT2D eigenvalue weighted by molar-refractivity contribution is -0.0964. The Morgan fingerprint density at radius 3 is 2.53 bits per heavy atom. The van der Waals surface area contributed by atoms with Crippen LogP contribution in [0.2, 0.25) is 0 Å². The number of aliphatic hydroxyl groups excluding tert-OH is 1. The molecule has 8 nitrogen and oxygen atoms in total. The molecular weight excluding hydrogens is 518 g/mol. The first-order valence-electron chi connectivity index (χ1n) is 12.4. The van der Waals surface area contributed by atoms with E-state index in [1.807, 2.05) is 17.0 Å². The number of alkyl halides is 3. The standard InChI is InChI=1S/C27H25ClF2N4O4/c28-27(29,30)38-20-6-2-17(3-7-20)31-25(36)15-1-8-23(33-10-9-19(35)14-33)21(11-15)22-12-16-13-34(18-4-5-18)26(37)24(16)32-22/h1-3,6-8,11-12,18-19,32,35H,4-5,9-10,13-14H2,(H,31,36). The monoisotopic (exact) mass is 542 g/mol. The number of amides is 2. The fourth-order valence-corrected chi connectivity index (χ4v) is 5.20. The molecule has 2 amide bonds. The Morgan fingerprint density at radius 2 is 1.89 bits per heavy atom. The molecule has 1 saturated carbocycles. The average Bonchev–Trinajstić information content (AvgIpc) is 3.35. The minimum absolute atomic E-state index is 0.000137. The van der Waals surface area contributed by atoms with Gasteiger partial charge in [0.2, 0.25) is 0 Å². The van der Waals surface area contributed by atoms with Crippen molar-refractivity contribution in [3.05, 3.63) is 65.4 Å². The molecule has 198 valence electrons. The van der Waals surface area contributed by atoms with Gasteiger partial charge in [-0.1, -0.05) is 0 Å². The van der Waals surface area contributed by atoms with Crippen LogP contribution in [0, 0.1) is 0 Å². The van der Waals surface area contributed by atoms with Crippen LogP contribution in [0.4, 0.5) is 20.2 Å². The molecule has 1 unspecified atom stereocenters. The summed E-state index contributed by atoms with van der Waals surface area (Å²) < 4.78 is 30.0. The average molecular weight is 543 g/mol. The lowest BCUT2D eigenvalue weighted by Crippen LogP contribution is -2.26. The molecule has 1 saturated heterocycles. The summed E-state index contributed by atoms with van der Waals surface area (Å²) in [4.78, 5) is 33.3. The van der Waals surface area contributed by atoms with Crippen molar-refractivity contribution in [2.45, 2.75) is 43.5 Å². The number of hydrogen-bond donors (Lipinski definition) is 3. The van der Waals surface area contributed by atoms with Gasteiger partial charge in [0.25, 0.3) is 11.8 Å². The van der Waals surface area contributed by atoms with Crippen LogP contribution >= 0.6 is 11.6 Å². The number of H-pyrrole nitrogens is 1. The van der Waals surface area contributed by atoms with E-state index in [-0.39, 0.29) is 11.7 Å². The highest BCUT2D eigenvalue weighted by Crippen LogP contribution is 2.39. The van der Waals surface area contributed by atoms with Crippen molar-refractivity contribution in [2.24, 2.45) is 0 Å². The Balaban J connectivity index is 1.27. The number of halogens is 3. The van der Waals surface area contributed by atoms with Gasteiger partial charge in [0, 0.05) is 71.0 Å². The Kier molecular flexibility index (Phi) is 6.03. The second-order valence-electron chi connectivity index (χ2n) is 9.89. The molecule has 0 bridgehead atoms. The summed E-state index contributed by atoms with van der Waals surface area (Å²) in [6.07, 6.45) is 2.29. The van der Waals surface area contributed by atoms with Gasteiger partial charge in [-0.05, 0) is 67.8 Å². The number of aromatic amines is 1. The third-order valence-corrected chi connectivity index (χ3v) is 7.18. The zero-order chi connectivity index (χ0) is 26.6. The summed E-state index contributed by atoms with van der Waals surface area (Å²) in [5, 5.41) is 12.9. The van der Waals surface area contributed by atoms with Crippen molar-refractivity contribution >= 4 is 34.8 Å². The van der Waals surface area contributed by atoms with E-state index in [1.54, 1.807) is 12.1 Å². The Bertz CT molecular complexity index is 1400. The molecule has 3 N–H and O–H groups in total. The second kappa shape index (κ2) is 9.28. The number of hydrogen-bond acceptors (Lipinski definition) is 5. The number of aromatic nitrogens is 1. The van der Waals surface area contributed by atoms with Crippen LogP contribution in [-0.2, 0) is 6.54 Å². The maximum Gasteiger partial charge on any atom is 0.487 e. The maximum absolute atomic E-state index is 13.1. The third-order valence-electron chi connectivity index (χ3n) is 7.10. The van der Waals surface area contributed by atoms with Crippen molar-refractivity contribution in [3.8, 4) is 17.0 Å². The van der Waals surface area contributed by atoms with E-state index >= 15 is 0 Å². The summed E-state index contributed by atoms with van der Waals surface area (Å²) in [7, 11) is 0. The minimum atomic E-state index is -3.83. The largest absolute Gasteiger partial charge is 0.487 e.